The van der Waals surface area contributed by atoms with E-state index in [1.165, 1.54) is 38.0 Å². The molecule has 0 amide bonds. The zero-order valence-corrected chi connectivity index (χ0v) is 33.7. The van der Waals surface area contributed by atoms with Crippen LogP contribution in [-0.4, -0.2) is 40.4 Å². The van der Waals surface area contributed by atoms with E-state index in [0.29, 0.717) is 6.42 Å². The number of fused-ring (bicyclic) bond motifs is 1. The third kappa shape index (κ3) is 9.38. The Morgan fingerprint density at radius 1 is 0.981 bits per heavy atom. The highest BCUT2D eigenvalue weighted by Gasteiger charge is 2.51. The average molecular weight is 749 g/mol. The Bertz CT molecular complexity index is 1760. The Kier molecular flexibility index (Phi) is 13.4. The van der Waals surface area contributed by atoms with Gasteiger partial charge in [0.05, 0.1) is 19.3 Å². The van der Waals surface area contributed by atoms with Gasteiger partial charge in [-0.15, -0.1) is 11.3 Å². The number of unbranched alkanes of at least 4 members (excludes halogenated alkanes) is 1. The Morgan fingerprint density at radius 3 is 2.32 bits per heavy atom. The van der Waals surface area contributed by atoms with Crippen LogP contribution in [0.5, 0.6) is 0 Å². The fourth-order valence-corrected chi connectivity index (χ4v) is 13.9. The molecular weight excluding hydrogens is 693 g/mol. The number of benzene rings is 3. The van der Waals surface area contributed by atoms with Gasteiger partial charge in [-0.2, -0.15) is 0 Å². The van der Waals surface area contributed by atoms with Crippen LogP contribution in [0.2, 0.25) is 5.04 Å². The second-order valence-electron chi connectivity index (χ2n) is 15.5. The first kappa shape index (κ1) is 39.1. The van der Waals surface area contributed by atoms with E-state index < -0.39 is 8.32 Å². The van der Waals surface area contributed by atoms with Crippen LogP contribution in [0.25, 0.3) is 10.1 Å². The van der Waals surface area contributed by atoms with E-state index in [-0.39, 0.29) is 41.3 Å². The van der Waals surface area contributed by atoms with E-state index in [1.807, 2.05) is 11.3 Å². The molecule has 0 radical (unpaired) electrons. The van der Waals surface area contributed by atoms with Crippen molar-refractivity contribution in [2.24, 2.45) is 11.8 Å². The second kappa shape index (κ2) is 18.2. The van der Waals surface area contributed by atoms with E-state index >= 15 is 0 Å². The average Bonchev–Trinajstić information content (AvgIpc) is 3.73. The minimum absolute atomic E-state index is 0.0142. The van der Waals surface area contributed by atoms with Crippen LogP contribution >= 0.6 is 11.3 Å². The van der Waals surface area contributed by atoms with E-state index in [1.54, 1.807) is 0 Å². The van der Waals surface area contributed by atoms with Gasteiger partial charge in [-0.1, -0.05) is 136 Å². The van der Waals surface area contributed by atoms with Crippen LogP contribution in [0.4, 0.5) is 0 Å². The molecular formula is C46H56O5SSi. The van der Waals surface area contributed by atoms with Crippen molar-refractivity contribution in [3.63, 3.8) is 0 Å². The summed E-state index contributed by atoms with van der Waals surface area (Å²) in [6, 6.07) is 32.7. The molecule has 0 bridgehead atoms. The van der Waals surface area contributed by atoms with Crippen molar-refractivity contribution in [2.75, 3.05) is 13.7 Å². The zero-order chi connectivity index (χ0) is 37.3. The number of hydrogen-bond acceptors (Lipinski definition) is 6. The summed E-state index contributed by atoms with van der Waals surface area (Å²) in [6.45, 7) is 12.4. The lowest BCUT2D eigenvalue weighted by molar-refractivity contribution is -0.194. The lowest BCUT2D eigenvalue weighted by atomic mass is 9.89. The van der Waals surface area contributed by atoms with Crippen LogP contribution in [0.1, 0.15) is 83.1 Å². The van der Waals surface area contributed by atoms with Gasteiger partial charge in [-0.3, -0.25) is 4.79 Å². The molecule has 4 aromatic rings. The standard InChI is InChI=1S/C46H56O5SSi/c1-34-32-41(50-45-28-18-19-31-49-45)39(25-14-6-7-15-27-44(47)48-5)38(34)29-30-40(43-33-35-20-16-17-26-42(35)52-43)51-53(46(2,3)4,36-21-10-8-11-22-36)37-23-12-9-13-24-37/h6,8-14,16-17,20-24,26,29-30,33,38-41,45H,1,7,15,18-19,25,27-28,31-32H2,2-5H3/t38-,39+,40?,41-,45?/m0/s1. The van der Waals surface area contributed by atoms with Gasteiger partial charge in [0.2, 0.25) is 0 Å². The van der Waals surface area contributed by atoms with Crippen LogP contribution in [0, 0.1) is 11.8 Å². The highest BCUT2D eigenvalue weighted by Crippen LogP contribution is 2.45. The van der Waals surface area contributed by atoms with Crippen LogP contribution < -0.4 is 10.4 Å². The van der Waals surface area contributed by atoms with Gasteiger partial charge < -0.3 is 18.6 Å². The van der Waals surface area contributed by atoms with Crippen molar-refractivity contribution in [1.82, 2.24) is 0 Å². The lowest BCUT2D eigenvalue weighted by Crippen LogP contribution is -2.66. The van der Waals surface area contributed by atoms with E-state index in [0.717, 1.165) is 51.6 Å². The summed E-state index contributed by atoms with van der Waals surface area (Å²) in [6.07, 6.45) is 15.6. The number of thiophene rings is 1. The lowest BCUT2D eigenvalue weighted by Gasteiger charge is -2.44. The van der Waals surface area contributed by atoms with Gasteiger partial charge in [0, 0.05) is 28.5 Å². The maximum absolute atomic E-state index is 11.6. The minimum atomic E-state index is -2.90. The second-order valence-corrected chi connectivity index (χ2v) is 20.8. The summed E-state index contributed by atoms with van der Waals surface area (Å²) in [5.74, 6) is 0.158. The Hall–Kier alpha value is -3.59. The Morgan fingerprint density at radius 2 is 1.68 bits per heavy atom. The molecule has 0 spiro atoms. The molecule has 1 aromatic heterocycles. The highest BCUT2D eigenvalue weighted by molar-refractivity contribution is 7.19. The first-order chi connectivity index (χ1) is 25.7. The topological polar surface area (TPSA) is 54.0 Å². The van der Waals surface area contributed by atoms with Gasteiger partial charge in [0.1, 0.15) is 0 Å². The molecule has 1 aliphatic carbocycles. The first-order valence-electron chi connectivity index (χ1n) is 19.3. The number of carbonyl (C=O) groups excluding carboxylic acids is 1. The predicted molar refractivity (Wildman–Crippen MR) is 221 cm³/mol. The van der Waals surface area contributed by atoms with Gasteiger partial charge in [-0.25, -0.2) is 0 Å². The third-order valence-electron chi connectivity index (χ3n) is 10.8. The highest BCUT2D eigenvalue weighted by atomic mass is 32.1. The summed E-state index contributed by atoms with van der Waals surface area (Å²) in [4.78, 5) is 12.8. The van der Waals surface area contributed by atoms with Crippen LogP contribution in [0.3, 0.4) is 0 Å². The normalized spacial score (nSPS) is 21.8. The Balaban J connectivity index is 1.37. The molecule has 0 N–H and O–H groups in total. The molecule has 2 heterocycles. The zero-order valence-electron chi connectivity index (χ0n) is 31.9. The van der Waals surface area contributed by atoms with Crippen molar-refractivity contribution in [2.45, 2.75) is 95.7 Å². The van der Waals surface area contributed by atoms with Gasteiger partial charge in [-0.05, 0) is 83.8 Å². The number of allylic oxidation sites excluding steroid dienone is 3. The van der Waals surface area contributed by atoms with Gasteiger partial charge in [0.25, 0.3) is 8.32 Å². The number of ether oxygens (including phenoxy) is 3. The molecule has 1 saturated carbocycles. The van der Waals surface area contributed by atoms with E-state index in [4.69, 9.17) is 18.6 Å². The van der Waals surface area contributed by atoms with E-state index in [9.17, 15) is 4.79 Å². The number of carbonyl (C=O) groups is 1. The number of rotatable bonds is 15. The fourth-order valence-electron chi connectivity index (χ4n) is 8.09. The molecule has 7 heteroatoms. The molecule has 3 aromatic carbocycles. The minimum Gasteiger partial charge on any atom is -0.469 e. The van der Waals surface area contributed by atoms with E-state index in [2.05, 4.69) is 143 Å². The van der Waals surface area contributed by atoms with Crippen molar-refractivity contribution < 1.29 is 23.4 Å². The molecule has 2 unspecified atom stereocenters. The Labute approximate surface area is 321 Å². The predicted octanol–water partition coefficient (Wildman–Crippen LogP) is 10.5. The monoisotopic (exact) mass is 748 g/mol. The smallest absolute Gasteiger partial charge is 0.305 e. The molecule has 2 fully saturated rings. The molecule has 2 aliphatic rings. The number of esters is 1. The maximum Gasteiger partial charge on any atom is 0.305 e. The van der Waals surface area contributed by atoms with Crippen molar-refractivity contribution in [3.8, 4) is 0 Å². The number of hydrogen-bond donors (Lipinski definition) is 0. The molecule has 280 valence electrons. The fraction of sp³-hybridized carbons (Fsp3) is 0.413. The molecule has 1 saturated heterocycles. The van der Waals surface area contributed by atoms with Crippen molar-refractivity contribution in [1.29, 1.82) is 0 Å². The number of methoxy groups -OCH3 is 1. The van der Waals surface area contributed by atoms with Gasteiger partial charge >= 0.3 is 5.97 Å². The SMILES string of the molecule is C=C1C[C@H](OC2CCCCO2)[C@H](CC=CCCCC(=O)OC)[C@H]1C=CC(O[Si](c1ccccc1)(c1ccccc1)C(C)(C)C)c1cc2ccccc2s1. The van der Waals surface area contributed by atoms with Crippen molar-refractivity contribution in [3.05, 3.63) is 132 Å². The van der Waals surface area contributed by atoms with Crippen molar-refractivity contribution >= 4 is 46.1 Å². The molecule has 5 nitrogen and oxygen atoms in total. The summed E-state index contributed by atoms with van der Waals surface area (Å²) in [5.41, 5.74) is 1.19. The summed E-state index contributed by atoms with van der Waals surface area (Å²) in [7, 11) is -1.45. The van der Waals surface area contributed by atoms with Crippen LogP contribution in [0.15, 0.2) is 127 Å². The molecule has 5 atom stereocenters. The first-order valence-corrected chi connectivity index (χ1v) is 22.0. The summed E-state index contributed by atoms with van der Waals surface area (Å²) >= 11 is 1.82. The quantitative estimate of drug-likeness (QED) is 0.0524. The molecule has 1 aliphatic heterocycles. The van der Waals surface area contributed by atoms with Crippen LogP contribution in [-0.2, 0) is 23.4 Å². The maximum atomic E-state index is 11.6. The summed E-state index contributed by atoms with van der Waals surface area (Å²) in [5, 5.41) is 3.59. The third-order valence-corrected chi connectivity index (χ3v) is 17.0. The largest absolute Gasteiger partial charge is 0.469 e. The van der Waals surface area contributed by atoms with Gasteiger partial charge in [0.15, 0.2) is 6.29 Å². The molecule has 53 heavy (non-hydrogen) atoms. The molecule has 6 rings (SSSR count). The summed E-state index contributed by atoms with van der Waals surface area (Å²) < 4.78 is 26.7.